The highest BCUT2D eigenvalue weighted by Crippen LogP contribution is 2.21. The number of ether oxygens (including phenoxy) is 1. The molecule has 1 unspecified atom stereocenters. The fourth-order valence-corrected chi connectivity index (χ4v) is 2.03. The number of anilines is 2. The van der Waals surface area contributed by atoms with E-state index < -0.39 is 0 Å². The van der Waals surface area contributed by atoms with E-state index in [9.17, 15) is 0 Å². The van der Waals surface area contributed by atoms with Gasteiger partial charge in [-0.1, -0.05) is 0 Å². The Kier molecular flexibility index (Phi) is 4.16. The molecule has 5 heteroatoms. The van der Waals surface area contributed by atoms with Gasteiger partial charge in [0.15, 0.2) is 0 Å². The number of rotatable bonds is 5. The number of nitrogens with zero attached hydrogens (tertiary/aromatic N) is 3. The summed E-state index contributed by atoms with van der Waals surface area (Å²) >= 11 is 0. The van der Waals surface area contributed by atoms with Crippen LogP contribution in [0.25, 0.3) is 0 Å². The number of hydrogen-bond acceptors (Lipinski definition) is 4. The first kappa shape index (κ1) is 13.5. The Morgan fingerprint density at radius 3 is 2.84 bits per heavy atom. The van der Waals surface area contributed by atoms with Gasteiger partial charge in [0.05, 0.1) is 24.0 Å². The van der Waals surface area contributed by atoms with E-state index in [0.717, 1.165) is 23.0 Å². The molecule has 0 radical (unpaired) electrons. The molecule has 0 spiro atoms. The lowest BCUT2D eigenvalue weighted by molar-refractivity contribution is 0.163. The normalized spacial score (nSPS) is 12.4. The van der Waals surface area contributed by atoms with Crippen molar-refractivity contribution in [3.63, 3.8) is 0 Å². The minimum Gasteiger partial charge on any atom is -0.383 e. The van der Waals surface area contributed by atoms with E-state index in [4.69, 9.17) is 4.74 Å². The molecular weight excluding hydrogens is 240 g/mol. The van der Waals surface area contributed by atoms with Crippen LogP contribution < -0.4 is 5.32 Å². The second-order valence-electron chi connectivity index (χ2n) is 4.67. The molecule has 19 heavy (non-hydrogen) atoms. The number of aryl methyl sites for hydroxylation is 2. The first-order chi connectivity index (χ1) is 9.11. The monoisotopic (exact) mass is 260 g/mol. The highest BCUT2D eigenvalue weighted by Gasteiger charge is 2.11. The van der Waals surface area contributed by atoms with E-state index in [-0.39, 0.29) is 6.04 Å². The van der Waals surface area contributed by atoms with Crippen molar-refractivity contribution in [2.45, 2.75) is 26.8 Å². The molecule has 5 nitrogen and oxygen atoms in total. The standard InChI is InChI=1S/C14H20N4O/c1-10-5-6-13(12(3)16-10)17-14-15-7-8-18(14)11(2)9-19-4/h5-8,11H,9H2,1-4H3,(H,15,17). The number of imidazole rings is 1. The van der Waals surface area contributed by atoms with Gasteiger partial charge in [-0.25, -0.2) is 4.98 Å². The lowest BCUT2D eigenvalue weighted by Crippen LogP contribution is -2.13. The molecule has 0 fully saturated rings. The van der Waals surface area contributed by atoms with Crippen LogP contribution in [0.3, 0.4) is 0 Å². The third kappa shape index (κ3) is 3.12. The van der Waals surface area contributed by atoms with Crippen LogP contribution in [0.2, 0.25) is 0 Å². The summed E-state index contributed by atoms with van der Waals surface area (Å²) in [6.45, 7) is 6.71. The third-order valence-electron chi connectivity index (χ3n) is 3.02. The summed E-state index contributed by atoms with van der Waals surface area (Å²) in [7, 11) is 1.70. The van der Waals surface area contributed by atoms with E-state index in [1.165, 1.54) is 0 Å². The number of nitrogens with one attached hydrogen (secondary N) is 1. The van der Waals surface area contributed by atoms with E-state index in [2.05, 4.69) is 26.8 Å². The van der Waals surface area contributed by atoms with Crippen molar-refractivity contribution in [3.05, 3.63) is 35.9 Å². The molecule has 0 bridgehead atoms. The Bertz CT molecular complexity index is 550. The summed E-state index contributed by atoms with van der Waals surface area (Å²) in [5.41, 5.74) is 2.95. The van der Waals surface area contributed by atoms with Crippen LogP contribution in [-0.4, -0.2) is 28.3 Å². The summed E-state index contributed by atoms with van der Waals surface area (Å²) in [6.07, 6.45) is 3.73. The summed E-state index contributed by atoms with van der Waals surface area (Å²) in [5, 5.41) is 3.32. The Hall–Kier alpha value is -1.88. The van der Waals surface area contributed by atoms with Crippen molar-refractivity contribution in [2.75, 3.05) is 19.0 Å². The smallest absolute Gasteiger partial charge is 0.207 e. The second-order valence-corrected chi connectivity index (χ2v) is 4.67. The zero-order valence-electron chi connectivity index (χ0n) is 11.8. The van der Waals surface area contributed by atoms with Crippen molar-refractivity contribution >= 4 is 11.6 Å². The highest BCUT2D eigenvalue weighted by atomic mass is 16.5. The van der Waals surface area contributed by atoms with Crippen LogP contribution >= 0.6 is 0 Å². The lowest BCUT2D eigenvalue weighted by atomic mass is 10.3. The predicted molar refractivity (Wildman–Crippen MR) is 75.8 cm³/mol. The van der Waals surface area contributed by atoms with Crippen molar-refractivity contribution in [2.24, 2.45) is 0 Å². The van der Waals surface area contributed by atoms with Crippen LogP contribution in [-0.2, 0) is 4.74 Å². The first-order valence-corrected chi connectivity index (χ1v) is 6.35. The van der Waals surface area contributed by atoms with Gasteiger partial charge in [0.1, 0.15) is 0 Å². The van der Waals surface area contributed by atoms with Gasteiger partial charge in [-0.05, 0) is 32.9 Å². The third-order valence-corrected chi connectivity index (χ3v) is 3.02. The van der Waals surface area contributed by atoms with Gasteiger partial charge in [-0.3, -0.25) is 4.98 Å². The van der Waals surface area contributed by atoms with Gasteiger partial charge in [-0.2, -0.15) is 0 Å². The fraction of sp³-hybridized carbons (Fsp3) is 0.429. The van der Waals surface area contributed by atoms with Gasteiger partial charge in [0, 0.05) is 25.2 Å². The molecular formula is C14H20N4O. The molecule has 2 aromatic rings. The quantitative estimate of drug-likeness (QED) is 0.898. The van der Waals surface area contributed by atoms with Crippen LogP contribution in [0.15, 0.2) is 24.5 Å². The van der Waals surface area contributed by atoms with Crippen LogP contribution in [0.1, 0.15) is 24.4 Å². The average Bonchev–Trinajstić information content (AvgIpc) is 2.81. The predicted octanol–water partition coefficient (Wildman–Crippen LogP) is 2.85. The van der Waals surface area contributed by atoms with Crippen molar-refractivity contribution in [1.82, 2.24) is 14.5 Å². The van der Waals surface area contributed by atoms with Crippen molar-refractivity contribution in [3.8, 4) is 0 Å². The maximum atomic E-state index is 5.18. The first-order valence-electron chi connectivity index (χ1n) is 6.35. The zero-order chi connectivity index (χ0) is 13.8. The van der Waals surface area contributed by atoms with Gasteiger partial charge in [0.2, 0.25) is 5.95 Å². The molecule has 2 aromatic heterocycles. The SMILES string of the molecule is COCC(C)n1ccnc1Nc1ccc(C)nc1C. The second kappa shape index (κ2) is 5.84. The maximum Gasteiger partial charge on any atom is 0.207 e. The molecule has 2 rings (SSSR count). The minimum absolute atomic E-state index is 0.230. The molecule has 1 atom stereocenters. The molecule has 0 aliphatic carbocycles. The van der Waals surface area contributed by atoms with E-state index in [1.54, 1.807) is 13.3 Å². The Morgan fingerprint density at radius 2 is 2.16 bits per heavy atom. The van der Waals surface area contributed by atoms with Gasteiger partial charge in [0.25, 0.3) is 0 Å². The van der Waals surface area contributed by atoms with E-state index in [0.29, 0.717) is 6.61 Å². The minimum atomic E-state index is 0.230. The molecule has 2 heterocycles. The Labute approximate surface area is 113 Å². The summed E-state index contributed by atoms with van der Waals surface area (Å²) < 4.78 is 7.24. The fourth-order valence-electron chi connectivity index (χ4n) is 2.03. The Balaban J connectivity index is 2.21. The van der Waals surface area contributed by atoms with Crippen LogP contribution in [0.5, 0.6) is 0 Å². The van der Waals surface area contributed by atoms with E-state index in [1.807, 2.05) is 32.2 Å². The molecule has 0 amide bonds. The van der Waals surface area contributed by atoms with Crippen molar-refractivity contribution < 1.29 is 4.74 Å². The molecule has 0 saturated heterocycles. The average molecular weight is 260 g/mol. The molecule has 0 aliphatic rings. The summed E-state index contributed by atoms with van der Waals surface area (Å²) in [6, 6.07) is 4.24. The van der Waals surface area contributed by atoms with E-state index >= 15 is 0 Å². The summed E-state index contributed by atoms with van der Waals surface area (Å²) in [4.78, 5) is 8.79. The van der Waals surface area contributed by atoms with Crippen LogP contribution in [0.4, 0.5) is 11.6 Å². The maximum absolute atomic E-state index is 5.18. The topological polar surface area (TPSA) is 52.0 Å². The van der Waals surface area contributed by atoms with Gasteiger partial charge >= 0.3 is 0 Å². The zero-order valence-corrected chi connectivity index (χ0v) is 11.8. The number of pyridine rings is 1. The number of methoxy groups -OCH3 is 1. The Morgan fingerprint density at radius 1 is 1.37 bits per heavy atom. The molecule has 0 aliphatic heterocycles. The van der Waals surface area contributed by atoms with Crippen LogP contribution in [0, 0.1) is 13.8 Å². The number of aromatic nitrogens is 3. The number of hydrogen-bond donors (Lipinski definition) is 1. The summed E-state index contributed by atoms with van der Waals surface area (Å²) in [5.74, 6) is 0.804. The van der Waals surface area contributed by atoms with Gasteiger partial charge in [-0.15, -0.1) is 0 Å². The molecule has 1 N–H and O–H groups in total. The lowest BCUT2D eigenvalue weighted by Gasteiger charge is -2.16. The van der Waals surface area contributed by atoms with Crippen molar-refractivity contribution in [1.29, 1.82) is 0 Å². The highest BCUT2D eigenvalue weighted by molar-refractivity contribution is 5.56. The van der Waals surface area contributed by atoms with Gasteiger partial charge < -0.3 is 14.6 Å². The molecule has 0 aromatic carbocycles. The molecule has 102 valence electrons. The largest absolute Gasteiger partial charge is 0.383 e. The molecule has 0 saturated carbocycles.